The number of hydrogen-bond donors (Lipinski definition) is 1. The van der Waals surface area contributed by atoms with E-state index in [2.05, 4.69) is 11.9 Å². The van der Waals surface area contributed by atoms with Crippen LogP contribution in [-0.2, 0) is 33.4 Å². The zero-order chi connectivity index (χ0) is 16.2. The van der Waals surface area contributed by atoms with Crippen molar-refractivity contribution in [1.82, 2.24) is 5.32 Å². The van der Waals surface area contributed by atoms with Crippen molar-refractivity contribution in [2.45, 2.75) is 43.5 Å². The van der Waals surface area contributed by atoms with Gasteiger partial charge in [-0.15, -0.1) is 0 Å². The minimum atomic E-state index is -3.68. The number of ether oxygens (including phenoxy) is 2. The maximum absolute atomic E-state index is 11.9. The van der Waals surface area contributed by atoms with Crippen LogP contribution in [0.5, 0.6) is 0 Å². The predicted molar refractivity (Wildman–Crippen MR) is 73.1 cm³/mol. The van der Waals surface area contributed by atoms with E-state index in [0.29, 0.717) is 0 Å². The number of fused-ring (bicyclic) bond motifs is 1. The lowest BCUT2D eigenvalue weighted by Crippen LogP contribution is -2.47. The van der Waals surface area contributed by atoms with Crippen molar-refractivity contribution in [2.75, 3.05) is 6.54 Å². The summed E-state index contributed by atoms with van der Waals surface area (Å²) < 4.78 is 39.7. The Morgan fingerprint density at radius 2 is 1.95 bits per heavy atom. The van der Waals surface area contributed by atoms with Gasteiger partial charge in [-0.25, -0.2) is 0 Å². The zero-order valence-corrected chi connectivity index (χ0v) is 13.0. The van der Waals surface area contributed by atoms with E-state index in [1.165, 1.54) is 6.92 Å². The molecule has 0 saturated carbocycles. The van der Waals surface area contributed by atoms with E-state index < -0.39 is 51.7 Å². The number of esters is 1. The van der Waals surface area contributed by atoms with Gasteiger partial charge in [-0.1, -0.05) is 13.5 Å². The molecule has 2 bridgehead atoms. The summed E-state index contributed by atoms with van der Waals surface area (Å²) in [5.41, 5.74) is 0.276. The molecule has 8 nitrogen and oxygen atoms in total. The smallest absolute Gasteiger partial charge is 0.325 e. The van der Waals surface area contributed by atoms with Crippen LogP contribution in [0.4, 0.5) is 0 Å². The lowest BCUT2D eigenvalue weighted by molar-refractivity contribution is -0.155. The van der Waals surface area contributed by atoms with Gasteiger partial charge in [0, 0.05) is 11.5 Å². The Bertz CT molecular complexity index is 643. The van der Waals surface area contributed by atoms with Crippen molar-refractivity contribution in [3.05, 3.63) is 12.2 Å². The molecule has 6 atom stereocenters. The van der Waals surface area contributed by atoms with E-state index in [4.69, 9.17) is 13.7 Å². The molecule has 6 unspecified atom stereocenters. The van der Waals surface area contributed by atoms with Crippen LogP contribution in [0.2, 0.25) is 0 Å². The number of amides is 1. The van der Waals surface area contributed by atoms with Crippen LogP contribution in [0.25, 0.3) is 0 Å². The number of carbonyl (C=O) groups is 2. The lowest BCUT2D eigenvalue weighted by atomic mass is 9.86. The van der Waals surface area contributed by atoms with Gasteiger partial charge in [0.2, 0.25) is 5.91 Å². The van der Waals surface area contributed by atoms with E-state index >= 15 is 0 Å². The Hall–Kier alpha value is -1.45. The molecule has 0 aliphatic carbocycles. The highest BCUT2D eigenvalue weighted by Crippen LogP contribution is 2.50. The predicted octanol–water partition coefficient (Wildman–Crippen LogP) is -0.895. The molecule has 3 heterocycles. The summed E-state index contributed by atoms with van der Waals surface area (Å²) in [5.74, 6) is -1.43. The first-order chi connectivity index (χ1) is 10.2. The summed E-state index contributed by atoms with van der Waals surface area (Å²) >= 11 is 0. The molecule has 122 valence electrons. The number of rotatable bonds is 4. The minimum absolute atomic E-state index is 0.276. The van der Waals surface area contributed by atoms with Gasteiger partial charge in [-0.05, 0) is 6.92 Å². The van der Waals surface area contributed by atoms with Crippen LogP contribution in [-0.4, -0.2) is 56.5 Å². The third-order valence-corrected chi connectivity index (χ3v) is 6.13. The highest BCUT2D eigenvalue weighted by molar-refractivity contribution is 7.87. The van der Waals surface area contributed by atoms with Crippen molar-refractivity contribution in [2.24, 2.45) is 5.92 Å². The Morgan fingerprint density at radius 3 is 2.59 bits per heavy atom. The Balaban J connectivity index is 1.64. The third-order valence-electron chi connectivity index (χ3n) is 4.27. The first kappa shape index (κ1) is 15.4. The van der Waals surface area contributed by atoms with Gasteiger partial charge in [-0.2, -0.15) is 8.42 Å². The lowest BCUT2D eigenvalue weighted by Gasteiger charge is -2.25. The molecule has 3 fully saturated rings. The Labute approximate surface area is 127 Å². The second kappa shape index (κ2) is 5.04. The molecular weight excluding hydrogens is 314 g/mol. The molecule has 3 saturated heterocycles. The molecule has 3 aliphatic rings. The van der Waals surface area contributed by atoms with Gasteiger partial charge < -0.3 is 14.8 Å². The van der Waals surface area contributed by atoms with E-state index in [9.17, 15) is 18.0 Å². The van der Waals surface area contributed by atoms with Gasteiger partial charge >= 0.3 is 5.97 Å². The van der Waals surface area contributed by atoms with Gasteiger partial charge in [-0.3, -0.25) is 13.8 Å². The maximum atomic E-state index is 11.9. The van der Waals surface area contributed by atoms with Crippen LogP contribution >= 0.6 is 0 Å². The largest absolute Gasteiger partial charge is 0.455 e. The standard InChI is InChI=1S/C13H17NO7S/c1-5(2)13(16)14-4-7(15)19-9-8-6(3)12-11(20-8)10(9)21-22(12,17)18/h6,8-12H,1,4H2,2-3H3,(H,14,16). The monoisotopic (exact) mass is 331 g/mol. The molecule has 3 rings (SSSR count). The fraction of sp³-hybridized carbons (Fsp3) is 0.692. The second-order valence-corrected chi connectivity index (χ2v) is 7.58. The van der Waals surface area contributed by atoms with Crippen LogP contribution in [0.3, 0.4) is 0 Å². The van der Waals surface area contributed by atoms with Crippen LogP contribution < -0.4 is 5.32 Å². The Morgan fingerprint density at radius 1 is 1.27 bits per heavy atom. The van der Waals surface area contributed by atoms with Crippen LogP contribution in [0.15, 0.2) is 12.2 Å². The molecule has 0 spiro atoms. The van der Waals surface area contributed by atoms with Crippen molar-refractivity contribution in [3.63, 3.8) is 0 Å². The van der Waals surface area contributed by atoms with Crippen molar-refractivity contribution in [3.8, 4) is 0 Å². The number of nitrogens with one attached hydrogen (secondary N) is 1. The highest BCUT2D eigenvalue weighted by atomic mass is 32.2. The minimum Gasteiger partial charge on any atom is -0.455 e. The fourth-order valence-electron chi connectivity index (χ4n) is 3.27. The Kier molecular flexibility index (Phi) is 3.54. The quantitative estimate of drug-likeness (QED) is 0.404. The molecular formula is C13H17NO7S. The first-order valence-electron chi connectivity index (χ1n) is 6.93. The highest BCUT2D eigenvalue weighted by Gasteiger charge is 2.70. The molecule has 0 aromatic carbocycles. The second-order valence-electron chi connectivity index (χ2n) is 5.86. The van der Waals surface area contributed by atoms with E-state index in [1.807, 2.05) is 0 Å². The molecule has 0 aromatic rings. The molecule has 1 N–H and O–H groups in total. The van der Waals surface area contributed by atoms with E-state index in [-0.39, 0.29) is 18.0 Å². The van der Waals surface area contributed by atoms with Crippen molar-refractivity contribution < 1.29 is 31.7 Å². The summed E-state index contributed by atoms with van der Waals surface area (Å²) in [6.45, 7) is 6.39. The summed E-state index contributed by atoms with van der Waals surface area (Å²) in [5, 5.41) is 1.66. The first-order valence-corrected chi connectivity index (χ1v) is 8.40. The summed E-state index contributed by atoms with van der Waals surface area (Å²) in [6.07, 6.45) is -2.66. The molecule has 3 aliphatic heterocycles. The van der Waals surface area contributed by atoms with E-state index in [1.54, 1.807) is 6.92 Å². The fourth-order valence-corrected chi connectivity index (χ4v) is 5.16. The zero-order valence-electron chi connectivity index (χ0n) is 12.1. The molecule has 22 heavy (non-hydrogen) atoms. The molecule has 0 radical (unpaired) electrons. The van der Waals surface area contributed by atoms with Gasteiger partial charge in [0.05, 0.1) is 0 Å². The molecule has 1 amide bonds. The number of carbonyl (C=O) groups excluding carboxylic acids is 2. The van der Waals surface area contributed by atoms with Crippen LogP contribution in [0.1, 0.15) is 13.8 Å². The topological polar surface area (TPSA) is 108 Å². The average molecular weight is 331 g/mol. The normalized spacial score (nSPS) is 40.5. The van der Waals surface area contributed by atoms with Crippen molar-refractivity contribution in [1.29, 1.82) is 0 Å². The molecule has 9 heteroatoms. The van der Waals surface area contributed by atoms with Gasteiger partial charge in [0.1, 0.15) is 30.1 Å². The summed E-state index contributed by atoms with van der Waals surface area (Å²) in [4.78, 5) is 23.1. The number of hydrogen-bond acceptors (Lipinski definition) is 7. The summed E-state index contributed by atoms with van der Waals surface area (Å²) in [7, 11) is -3.68. The average Bonchev–Trinajstić information content (AvgIpc) is 2.98. The third kappa shape index (κ3) is 2.24. The summed E-state index contributed by atoms with van der Waals surface area (Å²) in [6, 6.07) is 0. The van der Waals surface area contributed by atoms with Crippen LogP contribution in [0, 0.1) is 5.92 Å². The van der Waals surface area contributed by atoms with E-state index in [0.717, 1.165) is 0 Å². The van der Waals surface area contributed by atoms with Crippen molar-refractivity contribution >= 4 is 22.0 Å². The van der Waals surface area contributed by atoms with Gasteiger partial charge in [0.25, 0.3) is 10.1 Å². The van der Waals surface area contributed by atoms with Gasteiger partial charge in [0.15, 0.2) is 6.10 Å². The maximum Gasteiger partial charge on any atom is 0.325 e. The molecule has 0 aromatic heterocycles. The SMILES string of the molecule is C=C(C)C(=O)NCC(=O)OC1C2OC3C1OS(=O)(=O)C3C2C.